The molecular weight excluding hydrogens is 250 g/mol. The fraction of sp³-hybridized carbons (Fsp3) is 0.538. The molecule has 0 bridgehead atoms. The van der Waals surface area contributed by atoms with Gasteiger partial charge in [0, 0.05) is 23.3 Å². The van der Waals surface area contributed by atoms with Gasteiger partial charge in [-0.3, -0.25) is 9.59 Å². The number of hydrogen-bond donors (Lipinski definition) is 0. The molecule has 1 heterocycles. The number of amides is 1. The zero-order chi connectivity index (χ0) is 13.7. The maximum Gasteiger partial charge on any atom is 0.307 e. The lowest BCUT2D eigenvalue weighted by Gasteiger charge is -2.16. The van der Waals surface area contributed by atoms with Crippen LogP contribution < -0.4 is 0 Å². The Morgan fingerprint density at radius 1 is 1.39 bits per heavy atom. The molecule has 0 aliphatic heterocycles. The molecule has 0 N–H and O–H groups in total. The molecule has 0 spiro atoms. The van der Waals surface area contributed by atoms with Crippen LogP contribution in [0, 0.1) is 13.8 Å². The van der Waals surface area contributed by atoms with Crippen molar-refractivity contribution < 1.29 is 14.3 Å². The van der Waals surface area contributed by atoms with E-state index in [0.29, 0.717) is 13.2 Å². The SMILES string of the molecule is CCOC(=O)CCN(C)C(=O)c1cc(C)sc1C. The molecular formula is C13H19NO3S. The summed E-state index contributed by atoms with van der Waals surface area (Å²) in [6.45, 7) is 6.44. The molecule has 0 atom stereocenters. The number of rotatable bonds is 5. The third-order valence-corrected chi connectivity index (χ3v) is 3.54. The topological polar surface area (TPSA) is 46.6 Å². The van der Waals surface area contributed by atoms with Crippen LogP contribution >= 0.6 is 11.3 Å². The first kappa shape index (κ1) is 14.7. The Bertz CT molecular complexity index is 439. The van der Waals surface area contributed by atoms with Gasteiger partial charge in [0.05, 0.1) is 18.6 Å². The second-order valence-electron chi connectivity index (χ2n) is 4.11. The van der Waals surface area contributed by atoms with E-state index in [1.54, 1.807) is 30.2 Å². The van der Waals surface area contributed by atoms with Crippen LogP contribution in [0.5, 0.6) is 0 Å². The Morgan fingerprint density at radius 3 is 2.56 bits per heavy atom. The van der Waals surface area contributed by atoms with Gasteiger partial charge in [0.25, 0.3) is 5.91 Å². The van der Waals surface area contributed by atoms with E-state index in [0.717, 1.165) is 15.3 Å². The van der Waals surface area contributed by atoms with Gasteiger partial charge in [-0.2, -0.15) is 0 Å². The van der Waals surface area contributed by atoms with Crippen molar-refractivity contribution in [1.82, 2.24) is 4.90 Å². The zero-order valence-electron chi connectivity index (χ0n) is 11.3. The van der Waals surface area contributed by atoms with Gasteiger partial charge >= 0.3 is 5.97 Å². The summed E-state index contributed by atoms with van der Waals surface area (Å²) in [6, 6.07) is 1.89. The van der Waals surface area contributed by atoms with Gasteiger partial charge < -0.3 is 9.64 Å². The molecule has 1 aromatic rings. The number of hydrogen-bond acceptors (Lipinski definition) is 4. The summed E-state index contributed by atoms with van der Waals surface area (Å²) in [4.78, 5) is 27.0. The molecule has 0 aliphatic carbocycles. The van der Waals surface area contributed by atoms with Crippen molar-refractivity contribution in [2.45, 2.75) is 27.2 Å². The van der Waals surface area contributed by atoms with Crippen LogP contribution in [0.25, 0.3) is 0 Å². The van der Waals surface area contributed by atoms with Crippen LogP contribution in [0.3, 0.4) is 0 Å². The summed E-state index contributed by atoms with van der Waals surface area (Å²) in [5.41, 5.74) is 0.726. The Labute approximate surface area is 112 Å². The van der Waals surface area contributed by atoms with E-state index in [-0.39, 0.29) is 18.3 Å². The predicted molar refractivity (Wildman–Crippen MR) is 72.0 cm³/mol. The second kappa shape index (κ2) is 6.54. The second-order valence-corrected chi connectivity index (χ2v) is 5.57. The molecule has 0 saturated carbocycles. The van der Waals surface area contributed by atoms with Crippen LogP contribution in [-0.2, 0) is 9.53 Å². The molecule has 0 aromatic carbocycles. The number of thiophene rings is 1. The minimum atomic E-state index is -0.268. The Morgan fingerprint density at radius 2 is 2.06 bits per heavy atom. The fourth-order valence-electron chi connectivity index (χ4n) is 1.64. The van der Waals surface area contributed by atoms with E-state index in [1.165, 1.54) is 0 Å². The standard InChI is InChI=1S/C13H19NO3S/c1-5-17-12(15)6-7-14(4)13(16)11-8-9(2)18-10(11)3/h8H,5-7H2,1-4H3. The number of nitrogens with zero attached hydrogens (tertiary/aromatic N) is 1. The smallest absolute Gasteiger partial charge is 0.307 e. The molecule has 0 unspecified atom stereocenters. The molecule has 1 aromatic heterocycles. The van der Waals surface area contributed by atoms with Gasteiger partial charge in [0.1, 0.15) is 0 Å². The van der Waals surface area contributed by atoms with Crippen LogP contribution in [0.2, 0.25) is 0 Å². The quantitative estimate of drug-likeness (QED) is 0.771. The van der Waals surface area contributed by atoms with E-state index >= 15 is 0 Å². The summed E-state index contributed by atoms with van der Waals surface area (Å²) in [6.07, 6.45) is 0.234. The zero-order valence-corrected chi connectivity index (χ0v) is 12.1. The van der Waals surface area contributed by atoms with Crippen molar-refractivity contribution in [2.75, 3.05) is 20.2 Å². The van der Waals surface area contributed by atoms with Crippen molar-refractivity contribution in [3.63, 3.8) is 0 Å². The van der Waals surface area contributed by atoms with Gasteiger partial charge in [0.2, 0.25) is 0 Å². The van der Waals surface area contributed by atoms with Crippen molar-refractivity contribution in [2.24, 2.45) is 0 Å². The van der Waals surface area contributed by atoms with Gasteiger partial charge in [-0.25, -0.2) is 0 Å². The van der Waals surface area contributed by atoms with E-state index in [2.05, 4.69) is 0 Å². The van der Waals surface area contributed by atoms with Crippen LogP contribution in [0.4, 0.5) is 0 Å². The molecule has 0 saturated heterocycles. The average Bonchev–Trinajstić information content (AvgIpc) is 2.64. The Hall–Kier alpha value is -1.36. The molecule has 1 amide bonds. The first-order valence-corrected chi connectivity index (χ1v) is 6.75. The number of aryl methyl sites for hydroxylation is 2. The molecule has 4 nitrogen and oxygen atoms in total. The molecule has 0 fully saturated rings. The predicted octanol–water partition coefficient (Wildman–Crippen LogP) is 2.39. The molecule has 1 rings (SSSR count). The van der Waals surface area contributed by atoms with Crippen molar-refractivity contribution >= 4 is 23.2 Å². The van der Waals surface area contributed by atoms with Gasteiger partial charge in [-0.05, 0) is 26.8 Å². The maximum atomic E-state index is 12.1. The van der Waals surface area contributed by atoms with E-state index in [9.17, 15) is 9.59 Å². The number of esters is 1. The lowest BCUT2D eigenvalue weighted by atomic mass is 10.2. The highest BCUT2D eigenvalue weighted by Crippen LogP contribution is 2.21. The van der Waals surface area contributed by atoms with E-state index < -0.39 is 0 Å². The Kier molecular flexibility index (Phi) is 5.34. The third-order valence-electron chi connectivity index (χ3n) is 2.57. The number of ether oxygens (including phenoxy) is 1. The molecule has 5 heteroatoms. The van der Waals surface area contributed by atoms with Crippen molar-refractivity contribution in [3.8, 4) is 0 Å². The first-order chi connectivity index (χ1) is 8.45. The van der Waals surface area contributed by atoms with E-state index in [4.69, 9.17) is 4.74 Å². The lowest BCUT2D eigenvalue weighted by molar-refractivity contribution is -0.143. The number of carbonyl (C=O) groups excluding carboxylic acids is 2. The van der Waals surface area contributed by atoms with Gasteiger partial charge in [0.15, 0.2) is 0 Å². The number of carbonyl (C=O) groups is 2. The molecule has 18 heavy (non-hydrogen) atoms. The molecule has 100 valence electrons. The van der Waals surface area contributed by atoms with Crippen molar-refractivity contribution in [3.05, 3.63) is 21.4 Å². The average molecular weight is 269 g/mol. The minimum Gasteiger partial charge on any atom is -0.466 e. The fourth-order valence-corrected chi connectivity index (χ4v) is 2.56. The summed E-state index contributed by atoms with van der Waals surface area (Å²) in [5.74, 6) is -0.309. The van der Waals surface area contributed by atoms with E-state index in [1.807, 2.05) is 19.9 Å². The van der Waals surface area contributed by atoms with Crippen molar-refractivity contribution in [1.29, 1.82) is 0 Å². The summed E-state index contributed by atoms with van der Waals surface area (Å²) in [5, 5.41) is 0. The third kappa shape index (κ3) is 3.84. The first-order valence-electron chi connectivity index (χ1n) is 5.93. The highest BCUT2D eigenvalue weighted by atomic mass is 32.1. The van der Waals surface area contributed by atoms with Gasteiger partial charge in [-0.15, -0.1) is 11.3 Å². The largest absolute Gasteiger partial charge is 0.466 e. The van der Waals surface area contributed by atoms with Crippen LogP contribution in [-0.4, -0.2) is 37.0 Å². The monoisotopic (exact) mass is 269 g/mol. The summed E-state index contributed by atoms with van der Waals surface area (Å²) < 4.78 is 4.83. The summed E-state index contributed by atoms with van der Waals surface area (Å²) >= 11 is 1.61. The summed E-state index contributed by atoms with van der Waals surface area (Å²) in [7, 11) is 1.70. The van der Waals surface area contributed by atoms with Crippen LogP contribution in [0.15, 0.2) is 6.07 Å². The van der Waals surface area contributed by atoms with Crippen LogP contribution in [0.1, 0.15) is 33.5 Å². The molecule has 0 radical (unpaired) electrons. The highest BCUT2D eigenvalue weighted by Gasteiger charge is 2.17. The minimum absolute atomic E-state index is 0.0406. The highest BCUT2D eigenvalue weighted by molar-refractivity contribution is 7.12. The van der Waals surface area contributed by atoms with Gasteiger partial charge in [-0.1, -0.05) is 0 Å². The molecule has 0 aliphatic rings. The maximum absolute atomic E-state index is 12.1. The Balaban J connectivity index is 2.57. The lowest BCUT2D eigenvalue weighted by Crippen LogP contribution is -2.29. The normalized spacial score (nSPS) is 10.2.